The average molecular weight is 294 g/mol. The van der Waals surface area contributed by atoms with E-state index in [9.17, 15) is 4.79 Å². The molecule has 22 heavy (non-hydrogen) atoms. The lowest BCUT2D eigenvalue weighted by molar-refractivity contribution is -0.118. The summed E-state index contributed by atoms with van der Waals surface area (Å²) in [5, 5.41) is 3.13. The van der Waals surface area contributed by atoms with E-state index in [0.717, 1.165) is 24.0 Å². The molecule has 1 N–H and O–H groups in total. The van der Waals surface area contributed by atoms with Crippen LogP contribution in [0.1, 0.15) is 43.9 Å². The van der Waals surface area contributed by atoms with Crippen molar-refractivity contribution in [2.75, 3.05) is 0 Å². The molecule has 1 amide bonds. The second kappa shape index (κ2) is 8.13. The zero-order valence-electron chi connectivity index (χ0n) is 13.1. The van der Waals surface area contributed by atoms with Gasteiger partial charge in [-0.3, -0.25) is 9.78 Å². The Kier molecular flexibility index (Phi) is 5.90. The minimum absolute atomic E-state index is 0.0286. The van der Waals surface area contributed by atoms with Crippen LogP contribution >= 0.6 is 0 Å². The minimum atomic E-state index is -0.0286. The van der Waals surface area contributed by atoms with Crippen molar-refractivity contribution in [1.29, 1.82) is 0 Å². The SMILES string of the molecule is CCCC(NC(=O)/C(C)=C\c1ccncc1)c1ccccc1. The molecule has 1 unspecified atom stereocenters. The van der Waals surface area contributed by atoms with Gasteiger partial charge in [-0.25, -0.2) is 0 Å². The zero-order chi connectivity index (χ0) is 15.8. The van der Waals surface area contributed by atoms with E-state index in [1.165, 1.54) is 0 Å². The van der Waals surface area contributed by atoms with Gasteiger partial charge < -0.3 is 5.32 Å². The Hall–Kier alpha value is -2.42. The highest BCUT2D eigenvalue weighted by Crippen LogP contribution is 2.19. The number of nitrogens with zero attached hydrogens (tertiary/aromatic N) is 1. The number of hydrogen-bond acceptors (Lipinski definition) is 2. The fourth-order valence-corrected chi connectivity index (χ4v) is 2.34. The molecule has 1 aromatic heterocycles. The van der Waals surface area contributed by atoms with Crippen LogP contribution in [0.5, 0.6) is 0 Å². The Bertz CT molecular complexity index is 620. The van der Waals surface area contributed by atoms with E-state index >= 15 is 0 Å². The molecule has 1 heterocycles. The van der Waals surface area contributed by atoms with Gasteiger partial charge >= 0.3 is 0 Å². The first-order chi connectivity index (χ1) is 10.7. The largest absolute Gasteiger partial charge is 0.346 e. The lowest BCUT2D eigenvalue weighted by Crippen LogP contribution is -2.29. The van der Waals surface area contributed by atoms with Crippen LogP contribution < -0.4 is 5.32 Å². The summed E-state index contributed by atoms with van der Waals surface area (Å²) in [5.41, 5.74) is 2.83. The highest BCUT2D eigenvalue weighted by atomic mass is 16.1. The first-order valence-electron chi connectivity index (χ1n) is 7.65. The summed E-state index contributed by atoms with van der Waals surface area (Å²) < 4.78 is 0. The third-order valence-corrected chi connectivity index (χ3v) is 3.53. The standard InChI is InChI=1S/C19H22N2O/c1-3-7-18(17-8-5-4-6-9-17)21-19(22)15(2)14-16-10-12-20-13-11-16/h4-6,8-14,18H,3,7H2,1-2H3,(H,21,22)/b15-14-. The number of rotatable bonds is 6. The van der Waals surface area contributed by atoms with Crippen molar-refractivity contribution in [3.63, 3.8) is 0 Å². The Morgan fingerprint density at radius 1 is 1.18 bits per heavy atom. The number of aromatic nitrogens is 1. The number of nitrogens with one attached hydrogen (secondary N) is 1. The molecule has 3 nitrogen and oxygen atoms in total. The van der Waals surface area contributed by atoms with Crippen LogP contribution in [0.25, 0.3) is 6.08 Å². The summed E-state index contributed by atoms with van der Waals surface area (Å²) in [5.74, 6) is -0.0286. The predicted octanol–water partition coefficient (Wildman–Crippen LogP) is 4.14. The molecule has 0 saturated carbocycles. The highest BCUT2D eigenvalue weighted by molar-refractivity contribution is 5.97. The van der Waals surface area contributed by atoms with Crippen molar-refractivity contribution in [2.24, 2.45) is 0 Å². The summed E-state index contributed by atoms with van der Waals surface area (Å²) in [7, 11) is 0. The first kappa shape index (κ1) is 16.0. The van der Waals surface area contributed by atoms with Gasteiger partial charge in [0.1, 0.15) is 0 Å². The molecule has 0 saturated heterocycles. The lowest BCUT2D eigenvalue weighted by atomic mass is 10.0. The van der Waals surface area contributed by atoms with Gasteiger partial charge in [-0.2, -0.15) is 0 Å². The van der Waals surface area contributed by atoms with Crippen LogP contribution in [0.15, 0.2) is 60.4 Å². The maximum Gasteiger partial charge on any atom is 0.247 e. The number of hydrogen-bond donors (Lipinski definition) is 1. The van der Waals surface area contributed by atoms with E-state index in [4.69, 9.17) is 0 Å². The molecule has 1 aromatic carbocycles. The number of carbonyl (C=O) groups excluding carboxylic acids is 1. The molecule has 0 aliphatic heterocycles. The fourth-order valence-electron chi connectivity index (χ4n) is 2.34. The molecular weight excluding hydrogens is 272 g/mol. The Balaban J connectivity index is 2.09. The summed E-state index contributed by atoms with van der Waals surface area (Å²) >= 11 is 0. The quantitative estimate of drug-likeness (QED) is 0.813. The summed E-state index contributed by atoms with van der Waals surface area (Å²) in [6.45, 7) is 3.96. The molecule has 1 atom stereocenters. The molecule has 114 valence electrons. The first-order valence-corrected chi connectivity index (χ1v) is 7.65. The van der Waals surface area contributed by atoms with Crippen molar-refractivity contribution >= 4 is 12.0 Å². The van der Waals surface area contributed by atoms with Gasteiger partial charge in [0.05, 0.1) is 6.04 Å². The molecule has 0 spiro atoms. The molecule has 0 aliphatic rings. The summed E-state index contributed by atoms with van der Waals surface area (Å²) in [4.78, 5) is 16.4. The van der Waals surface area contributed by atoms with E-state index in [-0.39, 0.29) is 11.9 Å². The Labute approximate surface area is 132 Å². The van der Waals surface area contributed by atoms with Crippen LogP contribution in [-0.2, 0) is 4.79 Å². The third-order valence-electron chi connectivity index (χ3n) is 3.53. The van der Waals surface area contributed by atoms with Crippen molar-refractivity contribution in [1.82, 2.24) is 10.3 Å². The minimum Gasteiger partial charge on any atom is -0.346 e. The molecule has 3 heteroatoms. The smallest absolute Gasteiger partial charge is 0.247 e. The lowest BCUT2D eigenvalue weighted by Gasteiger charge is -2.19. The van der Waals surface area contributed by atoms with Crippen LogP contribution in [0.2, 0.25) is 0 Å². The van der Waals surface area contributed by atoms with Crippen molar-refractivity contribution < 1.29 is 4.79 Å². The predicted molar refractivity (Wildman–Crippen MR) is 90.1 cm³/mol. The van der Waals surface area contributed by atoms with Gasteiger partial charge in [0, 0.05) is 18.0 Å². The van der Waals surface area contributed by atoms with Gasteiger partial charge in [-0.15, -0.1) is 0 Å². The van der Waals surface area contributed by atoms with Gasteiger partial charge in [0.15, 0.2) is 0 Å². The van der Waals surface area contributed by atoms with Crippen LogP contribution in [-0.4, -0.2) is 10.9 Å². The fraction of sp³-hybridized carbons (Fsp3) is 0.263. The third kappa shape index (κ3) is 4.55. The van der Waals surface area contributed by atoms with Crippen LogP contribution in [0, 0.1) is 0 Å². The van der Waals surface area contributed by atoms with E-state index < -0.39 is 0 Å². The number of pyridine rings is 1. The molecule has 0 aliphatic carbocycles. The van der Waals surface area contributed by atoms with Crippen LogP contribution in [0.4, 0.5) is 0 Å². The maximum atomic E-state index is 12.4. The second-order valence-corrected chi connectivity index (χ2v) is 5.33. The normalized spacial score (nSPS) is 12.7. The molecule has 2 rings (SSSR count). The topological polar surface area (TPSA) is 42.0 Å². The van der Waals surface area contributed by atoms with Gasteiger partial charge in [-0.05, 0) is 42.7 Å². The molecular formula is C19H22N2O. The summed E-state index contributed by atoms with van der Waals surface area (Å²) in [6.07, 6.45) is 7.28. The second-order valence-electron chi connectivity index (χ2n) is 5.33. The number of benzene rings is 1. The van der Waals surface area contributed by atoms with E-state index in [2.05, 4.69) is 29.4 Å². The van der Waals surface area contributed by atoms with Gasteiger partial charge in [0.2, 0.25) is 5.91 Å². The van der Waals surface area contributed by atoms with Crippen LogP contribution in [0.3, 0.4) is 0 Å². The molecule has 0 radical (unpaired) electrons. The van der Waals surface area contributed by atoms with Crippen molar-refractivity contribution in [2.45, 2.75) is 32.7 Å². The van der Waals surface area contributed by atoms with E-state index in [0.29, 0.717) is 5.57 Å². The van der Waals surface area contributed by atoms with E-state index in [1.807, 2.05) is 43.3 Å². The highest BCUT2D eigenvalue weighted by Gasteiger charge is 2.14. The van der Waals surface area contributed by atoms with Crippen molar-refractivity contribution in [3.8, 4) is 0 Å². The average Bonchev–Trinajstić information content (AvgIpc) is 2.56. The van der Waals surface area contributed by atoms with Crippen molar-refractivity contribution in [3.05, 3.63) is 71.6 Å². The Morgan fingerprint density at radius 2 is 1.86 bits per heavy atom. The monoisotopic (exact) mass is 294 g/mol. The van der Waals surface area contributed by atoms with Gasteiger partial charge in [-0.1, -0.05) is 43.7 Å². The summed E-state index contributed by atoms with van der Waals surface area (Å²) in [6, 6.07) is 13.9. The number of amides is 1. The zero-order valence-corrected chi connectivity index (χ0v) is 13.1. The molecule has 0 fully saturated rings. The maximum absolute atomic E-state index is 12.4. The van der Waals surface area contributed by atoms with Gasteiger partial charge in [0.25, 0.3) is 0 Å². The molecule has 2 aromatic rings. The molecule has 0 bridgehead atoms. The Morgan fingerprint density at radius 3 is 2.50 bits per heavy atom. The number of carbonyl (C=O) groups is 1. The van der Waals surface area contributed by atoms with E-state index in [1.54, 1.807) is 12.4 Å².